The van der Waals surface area contributed by atoms with Crippen molar-refractivity contribution < 1.29 is 9.84 Å². The predicted molar refractivity (Wildman–Crippen MR) is 82.9 cm³/mol. The number of morpholine rings is 1. The summed E-state index contributed by atoms with van der Waals surface area (Å²) in [5.41, 5.74) is -0.252. The van der Waals surface area contributed by atoms with E-state index in [2.05, 4.69) is 39.5 Å². The zero-order valence-corrected chi connectivity index (χ0v) is 14.0. The van der Waals surface area contributed by atoms with Crippen LogP contribution in [0, 0.1) is 5.92 Å². The highest BCUT2D eigenvalue weighted by molar-refractivity contribution is 4.95. The molecule has 1 N–H and O–H groups in total. The molecule has 118 valence electrons. The van der Waals surface area contributed by atoms with Crippen molar-refractivity contribution in [2.75, 3.05) is 13.1 Å². The van der Waals surface area contributed by atoms with Gasteiger partial charge in [0.15, 0.2) is 0 Å². The largest absolute Gasteiger partial charge is 0.391 e. The van der Waals surface area contributed by atoms with Crippen molar-refractivity contribution in [3.63, 3.8) is 0 Å². The zero-order chi connectivity index (χ0) is 15.0. The summed E-state index contributed by atoms with van der Waals surface area (Å²) < 4.78 is 6.17. The second-order valence-corrected chi connectivity index (χ2v) is 8.13. The van der Waals surface area contributed by atoms with Crippen molar-refractivity contribution in [2.45, 2.75) is 90.1 Å². The number of nitrogens with zero attached hydrogens (tertiary/aromatic N) is 1. The number of hydrogen-bond acceptors (Lipinski definition) is 3. The highest BCUT2D eigenvalue weighted by Gasteiger charge is 2.43. The molecular formula is C17H33NO2. The zero-order valence-electron chi connectivity index (χ0n) is 14.0. The second-order valence-electron chi connectivity index (χ2n) is 8.13. The first-order chi connectivity index (χ1) is 9.22. The van der Waals surface area contributed by atoms with Gasteiger partial charge in [-0.1, -0.05) is 19.8 Å². The lowest BCUT2D eigenvalue weighted by molar-refractivity contribution is -0.197. The van der Waals surface area contributed by atoms with Gasteiger partial charge in [-0.05, 0) is 52.9 Å². The van der Waals surface area contributed by atoms with E-state index in [1.165, 1.54) is 19.3 Å². The molecule has 2 rings (SSSR count). The first-order valence-corrected chi connectivity index (χ1v) is 8.35. The first-order valence-electron chi connectivity index (χ1n) is 8.35. The molecular weight excluding hydrogens is 250 g/mol. The van der Waals surface area contributed by atoms with Crippen LogP contribution in [-0.2, 0) is 4.74 Å². The molecule has 0 radical (unpaired) electrons. The molecule has 1 aliphatic heterocycles. The molecule has 3 heteroatoms. The SMILES string of the molecule is CCCC1CCC(O)C(N2CC(C)(C)OC(C)(C)C2)C1. The summed E-state index contributed by atoms with van der Waals surface area (Å²) in [6.07, 6.45) is 5.72. The van der Waals surface area contributed by atoms with E-state index < -0.39 is 0 Å². The summed E-state index contributed by atoms with van der Waals surface area (Å²) >= 11 is 0. The van der Waals surface area contributed by atoms with Gasteiger partial charge in [0, 0.05) is 19.1 Å². The minimum Gasteiger partial charge on any atom is -0.391 e. The van der Waals surface area contributed by atoms with Crippen molar-refractivity contribution in [1.29, 1.82) is 0 Å². The van der Waals surface area contributed by atoms with Gasteiger partial charge in [0.25, 0.3) is 0 Å². The van der Waals surface area contributed by atoms with Crippen LogP contribution in [0.15, 0.2) is 0 Å². The molecule has 1 heterocycles. The molecule has 1 saturated carbocycles. The van der Waals surface area contributed by atoms with Crippen LogP contribution < -0.4 is 0 Å². The van der Waals surface area contributed by atoms with Crippen molar-refractivity contribution in [3.8, 4) is 0 Å². The van der Waals surface area contributed by atoms with Gasteiger partial charge in [-0.15, -0.1) is 0 Å². The van der Waals surface area contributed by atoms with E-state index in [1.807, 2.05) is 0 Å². The molecule has 0 aromatic carbocycles. The fraction of sp³-hybridized carbons (Fsp3) is 1.00. The Morgan fingerprint density at radius 1 is 1.10 bits per heavy atom. The number of aliphatic hydroxyl groups excluding tert-OH is 1. The molecule has 3 atom stereocenters. The van der Waals surface area contributed by atoms with Crippen molar-refractivity contribution in [1.82, 2.24) is 4.90 Å². The quantitative estimate of drug-likeness (QED) is 0.863. The van der Waals surface area contributed by atoms with Gasteiger partial charge < -0.3 is 9.84 Å². The molecule has 3 nitrogen and oxygen atoms in total. The van der Waals surface area contributed by atoms with E-state index in [4.69, 9.17) is 4.74 Å². The van der Waals surface area contributed by atoms with Crippen LogP contribution in [0.3, 0.4) is 0 Å². The fourth-order valence-corrected chi connectivity index (χ4v) is 4.36. The summed E-state index contributed by atoms with van der Waals surface area (Å²) in [4.78, 5) is 2.50. The Balaban J connectivity index is 2.07. The van der Waals surface area contributed by atoms with Gasteiger partial charge in [-0.3, -0.25) is 4.90 Å². The fourth-order valence-electron chi connectivity index (χ4n) is 4.36. The number of rotatable bonds is 3. The third kappa shape index (κ3) is 3.96. The Hall–Kier alpha value is -0.120. The molecule has 0 spiro atoms. The van der Waals surface area contributed by atoms with Gasteiger partial charge >= 0.3 is 0 Å². The van der Waals surface area contributed by atoms with Crippen molar-refractivity contribution in [2.24, 2.45) is 5.92 Å². The average molecular weight is 283 g/mol. The van der Waals surface area contributed by atoms with E-state index in [-0.39, 0.29) is 17.3 Å². The van der Waals surface area contributed by atoms with Gasteiger partial charge in [0.05, 0.1) is 17.3 Å². The Labute approximate surface area is 124 Å². The van der Waals surface area contributed by atoms with Gasteiger partial charge in [-0.2, -0.15) is 0 Å². The van der Waals surface area contributed by atoms with E-state index in [0.29, 0.717) is 6.04 Å². The van der Waals surface area contributed by atoms with E-state index >= 15 is 0 Å². The van der Waals surface area contributed by atoms with Crippen LogP contribution in [0.1, 0.15) is 66.7 Å². The molecule has 0 amide bonds. The minimum atomic E-state index is -0.159. The van der Waals surface area contributed by atoms with Gasteiger partial charge in [0.1, 0.15) is 0 Å². The smallest absolute Gasteiger partial charge is 0.0760 e. The Morgan fingerprint density at radius 3 is 2.25 bits per heavy atom. The van der Waals surface area contributed by atoms with Gasteiger partial charge in [0.2, 0.25) is 0 Å². The third-order valence-electron chi connectivity index (χ3n) is 4.78. The highest BCUT2D eigenvalue weighted by atomic mass is 16.5. The molecule has 20 heavy (non-hydrogen) atoms. The van der Waals surface area contributed by atoms with E-state index in [0.717, 1.165) is 31.8 Å². The van der Waals surface area contributed by atoms with Crippen LogP contribution >= 0.6 is 0 Å². The summed E-state index contributed by atoms with van der Waals surface area (Å²) in [5, 5.41) is 10.5. The molecule has 3 unspecified atom stereocenters. The lowest BCUT2D eigenvalue weighted by Gasteiger charge is -2.52. The Bertz CT molecular complexity index is 311. The predicted octanol–water partition coefficient (Wildman–Crippen LogP) is 3.21. The van der Waals surface area contributed by atoms with Crippen LogP contribution in [-0.4, -0.2) is 46.4 Å². The molecule has 2 fully saturated rings. The van der Waals surface area contributed by atoms with Crippen LogP contribution in [0.25, 0.3) is 0 Å². The average Bonchev–Trinajstić information content (AvgIpc) is 2.28. The molecule has 1 saturated heterocycles. The maximum Gasteiger partial charge on any atom is 0.0760 e. The van der Waals surface area contributed by atoms with Crippen LogP contribution in [0.2, 0.25) is 0 Å². The molecule has 0 bridgehead atoms. The second kappa shape index (κ2) is 5.94. The highest BCUT2D eigenvalue weighted by Crippen LogP contribution is 2.36. The van der Waals surface area contributed by atoms with Crippen molar-refractivity contribution >= 4 is 0 Å². The number of aliphatic hydroxyl groups is 1. The third-order valence-corrected chi connectivity index (χ3v) is 4.78. The molecule has 0 aromatic heterocycles. The topological polar surface area (TPSA) is 32.7 Å². The minimum absolute atomic E-state index is 0.126. The maximum absolute atomic E-state index is 10.5. The maximum atomic E-state index is 10.5. The standard InChI is InChI=1S/C17H33NO2/c1-6-7-13-8-9-15(19)14(10-13)18-11-16(2,3)20-17(4,5)12-18/h13-15,19H,6-12H2,1-5H3. The summed E-state index contributed by atoms with van der Waals surface area (Å²) in [6.45, 7) is 12.8. The molecule has 0 aromatic rings. The van der Waals surface area contributed by atoms with E-state index in [9.17, 15) is 5.11 Å². The Kier molecular flexibility index (Phi) is 4.83. The normalized spacial score (nSPS) is 37.8. The van der Waals surface area contributed by atoms with Crippen LogP contribution in [0.4, 0.5) is 0 Å². The molecule has 1 aliphatic carbocycles. The first kappa shape index (κ1) is 16.3. The lowest BCUT2D eigenvalue weighted by atomic mass is 9.80. The van der Waals surface area contributed by atoms with E-state index in [1.54, 1.807) is 0 Å². The van der Waals surface area contributed by atoms with Crippen LogP contribution in [0.5, 0.6) is 0 Å². The summed E-state index contributed by atoms with van der Waals surface area (Å²) in [5.74, 6) is 0.794. The summed E-state index contributed by atoms with van der Waals surface area (Å²) in [7, 11) is 0. The van der Waals surface area contributed by atoms with Gasteiger partial charge in [-0.25, -0.2) is 0 Å². The number of hydrogen-bond donors (Lipinski definition) is 1. The number of ether oxygens (including phenoxy) is 1. The van der Waals surface area contributed by atoms with Crippen molar-refractivity contribution in [3.05, 3.63) is 0 Å². The Morgan fingerprint density at radius 2 is 1.70 bits per heavy atom. The molecule has 2 aliphatic rings. The summed E-state index contributed by atoms with van der Waals surface area (Å²) in [6, 6.07) is 0.322. The lowest BCUT2D eigenvalue weighted by Crippen LogP contribution is -2.62. The monoisotopic (exact) mass is 283 g/mol.